The summed E-state index contributed by atoms with van der Waals surface area (Å²) in [6, 6.07) is 14.7. The fraction of sp³-hybridized carbons (Fsp3) is 0.250. The Morgan fingerprint density at radius 2 is 1.93 bits per heavy atom. The molecular formula is C20H21FN4OS. The van der Waals surface area contributed by atoms with Crippen LogP contribution in [0.4, 0.5) is 10.1 Å². The third kappa shape index (κ3) is 4.54. The number of carbonyl (C=O) groups is 1. The van der Waals surface area contributed by atoms with Crippen molar-refractivity contribution in [3.05, 3.63) is 71.8 Å². The van der Waals surface area contributed by atoms with Crippen LogP contribution in [0.2, 0.25) is 0 Å². The maximum atomic E-state index is 13.7. The first-order valence-corrected chi connectivity index (χ1v) is 9.52. The number of carbonyl (C=O) groups excluding carboxylic acids is 1. The highest BCUT2D eigenvalue weighted by atomic mass is 32.2. The number of nitrogens with zero attached hydrogens (tertiary/aromatic N) is 3. The molecule has 3 aromatic rings. The van der Waals surface area contributed by atoms with Crippen LogP contribution in [0.25, 0.3) is 0 Å². The van der Waals surface area contributed by atoms with Crippen molar-refractivity contribution in [1.82, 2.24) is 14.8 Å². The Morgan fingerprint density at radius 3 is 2.63 bits per heavy atom. The van der Waals surface area contributed by atoms with E-state index in [0.29, 0.717) is 16.4 Å². The van der Waals surface area contributed by atoms with E-state index in [2.05, 4.69) is 22.4 Å². The van der Waals surface area contributed by atoms with Gasteiger partial charge in [-0.1, -0.05) is 48.2 Å². The summed E-state index contributed by atoms with van der Waals surface area (Å²) in [6.07, 6.45) is 1.67. The second kappa shape index (κ2) is 8.35. The monoisotopic (exact) mass is 384 g/mol. The highest BCUT2D eigenvalue weighted by molar-refractivity contribution is 8.00. The number of hydrogen-bond acceptors (Lipinski definition) is 4. The Labute approximate surface area is 162 Å². The van der Waals surface area contributed by atoms with Crippen molar-refractivity contribution in [3.8, 4) is 0 Å². The van der Waals surface area contributed by atoms with E-state index >= 15 is 0 Å². The molecule has 1 aromatic heterocycles. The van der Waals surface area contributed by atoms with Crippen LogP contribution >= 0.6 is 11.8 Å². The Morgan fingerprint density at radius 1 is 1.19 bits per heavy atom. The van der Waals surface area contributed by atoms with Crippen molar-refractivity contribution < 1.29 is 9.18 Å². The summed E-state index contributed by atoms with van der Waals surface area (Å²) in [6.45, 7) is 5.53. The van der Waals surface area contributed by atoms with Gasteiger partial charge in [0.25, 0.3) is 0 Å². The van der Waals surface area contributed by atoms with Gasteiger partial charge < -0.3 is 9.88 Å². The Kier molecular flexibility index (Phi) is 5.91. The lowest BCUT2D eigenvalue weighted by Crippen LogP contribution is -2.23. The van der Waals surface area contributed by atoms with E-state index in [1.54, 1.807) is 32.3 Å². The standard InChI is InChI=1S/C20H21FN4OS/c1-13-9-10-17(11-18(13)21)23-19(26)15(3)27-20-24-22-12-25(20)14(2)16-7-5-4-6-8-16/h4-12,14-15H,1-3H3,(H,23,26)/t14-,15-/m0/s1. The molecule has 1 N–H and O–H groups in total. The Bertz CT molecular complexity index is 929. The highest BCUT2D eigenvalue weighted by Gasteiger charge is 2.20. The van der Waals surface area contributed by atoms with Gasteiger partial charge in [0.05, 0.1) is 11.3 Å². The van der Waals surface area contributed by atoms with Crippen molar-refractivity contribution in [3.63, 3.8) is 0 Å². The SMILES string of the molecule is Cc1ccc(NC(=O)[C@H](C)Sc2nncn2[C@@H](C)c2ccccc2)cc1F. The molecule has 0 unspecified atom stereocenters. The maximum absolute atomic E-state index is 13.7. The summed E-state index contributed by atoms with van der Waals surface area (Å²) in [4.78, 5) is 12.5. The third-order valence-electron chi connectivity index (χ3n) is 4.33. The molecule has 0 spiro atoms. The molecule has 2 atom stereocenters. The van der Waals surface area contributed by atoms with E-state index in [0.717, 1.165) is 5.56 Å². The summed E-state index contributed by atoms with van der Waals surface area (Å²) in [5, 5.41) is 11.1. The van der Waals surface area contributed by atoms with E-state index in [1.165, 1.54) is 17.8 Å². The first kappa shape index (κ1) is 19.1. The normalized spacial score (nSPS) is 13.2. The molecular weight excluding hydrogens is 363 g/mol. The van der Waals surface area contributed by atoms with Gasteiger partial charge in [-0.2, -0.15) is 0 Å². The first-order valence-electron chi connectivity index (χ1n) is 8.64. The van der Waals surface area contributed by atoms with Gasteiger partial charge in [-0.25, -0.2) is 4.39 Å². The number of hydrogen-bond donors (Lipinski definition) is 1. The zero-order chi connectivity index (χ0) is 19.4. The summed E-state index contributed by atoms with van der Waals surface area (Å²) in [5.41, 5.74) is 2.11. The number of benzene rings is 2. The third-order valence-corrected chi connectivity index (χ3v) is 5.40. The van der Waals surface area contributed by atoms with Gasteiger partial charge in [0.15, 0.2) is 5.16 Å². The number of amides is 1. The number of halogens is 1. The molecule has 3 rings (SSSR count). The van der Waals surface area contributed by atoms with Crippen molar-refractivity contribution in [2.24, 2.45) is 0 Å². The second-order valence-electron chi connectivity index (χ2n) is 6.32. The smallest absolute Gasteiger partial charge is 0.237 e. The van der Waals surface area contributed by atoms with Gasteiger partial charge in [0, 0.05) is 5.69 Å². The number of aryl methyl sites for hydroxylation is 1. The predicted octanol–water partition coefficient (Wildman–Crippen LogP) is 4.45. The van der Waals surface area contributed by atoms with Crippen LogP contribution in [0, 0.1) is 12.7 Å². The van der Waals surface area contributed by atoms with Crippen LogP contribution in [0.3, 0.4) is 0 Å². The Hall–Kier alpha value is -2.67. The molecule has 7 heteroatoms. The summed E-state index contributed by atoms with van der Waals surface area (Å²) in [7, 11) is 0. The largest absolute Gasteiger partial charge is 0.325 e. The van der Waals surface area contributed by atoms with Crippen LogP contribution in [0.15, 0.2) is 60.0 Å². The first-order chi connectivity index (χ1) is 13.0. The molecule has 0 saturated heterocycles. The number of nitrogens with one attached hydrogen (secondary N) is 1. The van der Waals surface area contributed by atoms with Crippen molar-refractivity contribution >= 4 is 23.4 Å². The summed E-state index contributed by atoms with van der Waals surface area (Å²) >= 11 is 1.32. The van der Waals surface area contributed by atoms with Crippen LogP contribution in [-0.4, -0.2) is 25.9 Å². The molecule has 140 valence electrons. The van der Waals surface area contributed by atoms with Crippen LogP contribution in [-0.2, 0) is 4.79 Å². The van der Waals surface area contributed by atoms with Gasteiger partial charge in [0.1, 0.15) is 12.1 Å². The van der Waals surface area contributed by atoms with Crippen molar-refractivity contribution in [2.75, 3.05) is 5.32 Å². The molecule has 0 fully saturated rings. The van der Waals surface area contributed by atoms with Gasteiger partial charge in [-0.05, 0) is 44.0 Å². The van der Waals surface area contributed by atoms with Crippen LogP contribution in [0.1, 0.15) is 31.0 Å². The molecule has 1 amide bonds. The fourth-order valence-corrected chi connectivity index (χ4v) is 3.50. The van der Waals surface area contributed by atoms with E-state index in [4.69, 9.17) is 0 Å². The molecule has 0 aliphatic heterocycles. The topological polar surface area (TPSA) is 59.8 Å². The summed E-state index contributed by atoms with van der Waals surface area (Å²) < 4.78 is 15.6. The molecule has 5 nitrogen and oxygen atoms in total. The quantitative estimate of drug-likeness (QED) is 0.638. The average molecular weight is 384 g/mol. The van der Waals surface area contributed by atoms with Gasteiger partial charge in [0.2, 0.25) is 5.91 Å². The molecule has 27 heavy (non-hydrogen) atoms. The molecule has 2 aromatic carbocycles. The lowest BCUT2D eigenvalue weighted by Gasteiger charge is -2.17. The van der Waals surface area contributed by atoms with Crippen LogP contribution < -0.4 is 5.32 Å². The van der Waals surface area contributed by atoms with Gasteiger partial charge in [-0.15, -0.1) is 10.2 Å². The zero-order valence-corrected chi connectivity index (χ0v) is 16.2. The lowest BCUT2D eigenvalue weighted by molar-refractivity contribution is -0.115. The Balaban J connectivity index is 1.69. The second-order valence-corrected chi connectivity index (χ2v) is 7.63. The minimum atomic E-state index is -0.416. The molecule has 1 heterocycles. The van der Waals surface area contributed by atoms with Crippen molar-refractivity contribution in [1.29, 1.82) is 0 Å². The number of aromatic nitrogens is 3. The van der Waals surface area contributed by atoms with E-state index in [1.807, 2.05) is 34.9 Å². The predicted molar refractivity (Wildman–Crippen MR) is 105 cm³/mol. The summed E-state index contributed by atoms with van der Waals surface area (Å²) in [5.74, 6) is -0.560. The number of thioether (sulfide) groups is 1. The lowest BCUT2D eigenvalue weighted by atomic mass is 10.1. The number of rotatable bonds is 6. The van der Waals surface area contributed by atoms with Gasteiger partial charge >= 0.3 is 0 Å². The van der Waals surface area contributed by atoms with Gasteiger partial charge in [-0.3, -0.25) is 4.79 Å². The molecule has 0 saturated carbocycles. The van der Waals surface area contributed by atoms with E-state index in [9.17, 15) is 9.18 Å². The molecule has 0 aliphatic carbocycles. The molecule has 0 bridgehead atoms. The molecule has 0 aliphatic rings. The van der Waals surface area contributed by atoms with E-state index < -0.39 is 5.25 Å². The highest BCUT2D eigenvalue weighted by Crippen LogP contribution is 2.27. The zero-order valence-electron chi connectivity index (χ0n) is 15.4. The van der Waals surface area contributed by atoms with Crippen molar-refractivity contribution in [2.45, 2.75) is 37.2 Å². The van der Waals surface area contributed by atoms with E-state index in [-0.39, 0.29) is 17.8 Å². The average Bonchev–Trinajstić information content (AvgIpc) is 3.12. The fourth-order valence-electron chi connectivity index (χ4n) is 2.60. The molecule has 0 radical (unpaired) electrons. The minimum Gasteiger partial charge on any atom is -0.325 e. The van der Waals surface area contributed by atoms with Crippen LogP contribution in [0.5, 0.6) is 0 Å². The maximum Gasteiger partial charge on any atom is 0.237 e. The number of anilines is 1. The minimum absolute atomic E-state index is 0.0464.